The zero-order valence-electron chi connectivity index (χ0n) is 9.73. The Balaban J connectivity index is 2.78. The Morgan fingerprint density at radius 3 is 2.82 bits per heavy atom. The van der Waals surface area contributed by atoms with Crippen LogP contribution in [-0.2, 0) is 0 Å². The van der Waals surface area contributed by atoms with E-state index in [9.17, 15) is 4.79 Å². The number of pyridine rings is 1. The summed E-state index contributed by atoms with van der Waals surface area (Å²) in [6, 6.07) is 7.19. The topological polar surface area (TPSA) is 59.4 Å². The Hall–Kier alpha value is -2.10. The van der Waals surface area contributed by atoms with Gasteiger partial charge in [0.25, 0.3) is 0 Å². The van der Waals surface area contributed by atoms with Crippen LogP contribution in [0.2, 0.25) is 0 Å². The minimum Gasteiger partial charge on any atom is -0.493 e. The summed E-state index contributed by atoms with van der Waals surface area (Å²) in [5, 5.41) is 10.5. The van der Waals surface area contributed by atoms with Crippen molar-refractivity contribution in [3.05, 3.63) is 35.7 Å². The molecule has 0 spiro atoms. The lowest BCUT2D eigenvalue weighted by molar-refractivity contribution is 0.0692. The average Bonchev–Trinajstić information content (AvgIpc) is 2.29. The summed E-state index contributed by atoms with van der Waals surface area (Å²) < 4.78 is 5.49. The highest BCUT2D eigenvalue weighted by Crippen LogP contribution is 2.28. The molecule has 0 saturated carbocycles. The molecule has 0 radical (unpaired) electrons. The van der Waals surface area contributed by atoms with Crippen LogP contribution in [0.1, 0.15) is 23.1 Å². The van der Waals surface area contributed by atoms with E-state index in [1.807, 2.05) is 19.1 Å². The van der Waals surface area contributed by atoms with Crippen molar-refractivity contribution in [2.24, 2.45) is 0 Å². The molecule has 0 aliphatic carbocycles. The van der Waals surface area contributed by atoms with Crippen LogP contribution in [0.5, 0.6) is 5.75 Å². The molecule has 1 aromatic carbocycles. The summed E-state index contributed by atoms with van der Waals surface area (Å²) in [5.41, 5.74) is 0.739. The molecule has 2 rings (SSSR count). The largest absolute Gasteiger partial charge is 0.493 e. The molecule has 1 heterocycles. The second-order valence-electron chi connectivity index (χ2n) is 3.70. The Bertz CT molecular complexity index is 578. The Labute approximate surface area is 98.9 Å². The smallest absolute Gasteiger partial charge is 0.355 e. The molecule has 0 saturated heterocycles. The predicted octanol–water partition coefficient (Wildman–Crippen LogP) is 2.64. The van der Waals surface area contributed by atoms with Gasteiger partial charge < -0.3 is 9.84 Å². The van der Waals surface area contributed by atoms with E-state index >= 15 is 0 Å². The fourth-order valence-corrected chi connectivity index (χ4v) is 1.82. The predicted molar refractivity (Wildman–Crippen MR) is 64.6 cm³/mol. The molecule has 0 aliphatic rings. The first-order chi connectivity index (χ1) is 8.13. The minimum atomic E-state index is -1.02. The molecule has 0 aliphatic heterocycles. The maximum atomic E-state index is 11.1. The third-order valence-electron chi connectivity index (χ3n) is 2.47. The number of carboxylic acids is 1. The number of hydrogen-bond donors (Lipinski definition) is 1. The van der Waals surface area contributed by atoms with Gasteiger partial charge in [0.1, 0.15) is 5.75 Å². The van der Waals surface area contributed by atoms with E-state index in [1.54, 1.807) is 19.1 Å². The molecule has 88 valence electrons. The highest BCUT2D eigenvalue weighted by atomic mass is 16.5. The van der Waals surface area contributed by atoms with Crippen molar-refractivity contribution >= 4 is 16.7 Å². The zero-order valence-corrected chi connectivity index (χ0v) is 9.73. The van der Waals surface area contributed by atoms with Crippen molar-refractivity contribution in [1.29, 1.82) is 0 Å². The number of carboxylic acid groups (broad SMARTS) is 1. The number of nitrogens with zero attached hydrogens (tertiary/aromatic N) is 1. The molecular formula is C13H13NO3. The fraction of sp³-hybridized carbons (Fsp3) is 0.231. The van der Waals surface area contributed by atoms with E-state index < -0.39 is 5.97 Å². The van der Waals surface area contributed by atoms with Gasteiger partial charge in [-0.2, -0.15) is 0 Å². The van der Waals surface area contributed by atoms with Crippen LogP contribution >= 0.6 is 0 Å². The average molecular weight is 231 g/mol. The second kappa shape index (κ2) is 4.41. The van der Waals surface area contributed by atoms with Gasteiger partial charge in [-0.25, -0.2) is 9.78 Å². The Morgan fingerprint density at radius 2 is 2.18 bits per heavy atom. The van der Waals surface area contributed by atoms with Gasteiger partial charge in [0, 0.05) is 16.5 Å². The molecular weight excluding hydrogens is 218 g/mol. The van der Waals surface area contributed by atoms with Gasteiger partial charge in [0.05, 0.1) is 6.61 Å². The quantitative estimate of drug-likeness (QED) is 0.882. The second-order valence-corrected chi connectivity index (χ2v) is 3.70. The number of benzene rings is 1. The first-order valence-corrected chi connectivity index (χ1v) is 5.40. The van der Waals surface area contributed by atoms with Crippen LogP contribution < -0.4 is 4.74 Å². The Morgan fingerprint density at radius 1 is 1.41 bits per heavy atom. The number of fused-ring (bicyclic) bond motifs is 1. The van der Waals surface area contributed by atoms with Crippen LogP contribution in [-0.4, -0.2) is 22.7 Å². The van der Waals surface area contributed by atoms with E-state index in [2.05, 4.69) is 4.98 Å². The maximum absolute atomic E-state index is 11.1. The standard InChI is InChI=1S/C13H13NO3/c1-3-17-11-6-4-5-9-10(11)7-8(2)14-12(9)13(15)16/h4-7H,3H2,1-2H3,(H,15,16). The molecule has 0 bridgehead atoms. The van der Waals surface area contributed by atoms with Crippen molar-refractivity contribution < 1.29 is 14.6 Å². The SMILES string of the molecule is CCOc1cccc2c(C(=O)O)nc(C)cc12. The number of aromatic nitrogens is 1. The van der Waals surface area contributed by atoms with Crippen LogP contribution in [0.3, 0.4) is 0 Å². The molecule has 4 heteroatoms. The highest BCUT2D eigenvalue weighted by Gasteiger charge is 2.13. The number of hydrogen-bond acceptors (Lipinski definition) is 3. The molecule has 1 aromatic heterocycles. The molecule has 1 N–H and O–H groups in total. The normalized spacial score (nSPS) is 10.5. The summed E-state index contributed by atoms with van der Waals surface area (Å²) in [6.45, 7) is 4.21. The van der Waals surface area contributed by atoms with E-state index in [4.69, 9.17) is 9.84 Å². The maximum Gasteiger partial charge on any atom is 0.355 e. The van der Waals surface area contributed by atoms with Crippen molar-refractivity contribution in [3.8, 4) is 5.75 Å². The minimum absolute atomic E-state index is 0.0709. The summed E-state index contributed by atoms with van der Waals surface area (Å²) in [5.74, 6) is -0.328. The third kappa shape index (κ3) is 2.06. The summed E-state index contributed by atoms with van der Waals surface area (Å²) in [4.78, 5) is 15.2. The van der Waals surface area contributed by atoms with Crippen molar-refractivity contribution in [3.63, 3.8) is 0 Å². The number of aromatic carboxylic acids is 1. The summed E-state index contributed by atoms with van der Waals surface area (Å²) in [7, 11) is 0. The van der Waals surface area contributed by atoms with Gasteiger partial charge in [0.15, 0.2) is 5.69 Å². The first kappa shape index (κ1) is 11.4. The van der Waals surface area contributed by atoms with Gasteiger partial charge in [-0.1, -0.05) is 12.1 Å². The van der Waals surface area contributed by atoms with Crippen LogP contribution in [0.15, 0.2) is 24.3 Å². The van der Waals surface area contributed by atoms with E-state index in [-0.39, 0.29) is 5.69 Å². The van der Waals surface area contributed by atoms with Crippen molar-refractivity contribution in [2.45, 2.75) is 13.8 Å². The summed E-state index contributed by atoms with van der Waals surface area (Å²) in [6.07, 6.45) is 0. The lowest BCUT2D eigenvalue weighted by atomic mass is 10.1. The zero-order chi connectivity index (χ0) is 12.4. The van der Waals surface area contributed by atoms with Gasteiger partial charge in [0.2, 0.25) is 0 Å². The highest BCUT2D eigenvalue weighted by molar-refractivity contribution is 6.03. The number of aryl methyl sites for hydroxylation is 1. The number of ether oxygens (including phenoxy) is 1. The van der Waals surface area contributed by atoms with Gasteiger partial charge in [-0.15, -0.1) is 0 Å². The first-order valence-electron chi connectivity index (χ1n) is 5.40. The number of carbonyl (C=O) groups is 1. The van der Waals surface area contributed by atoms with E-state index in [1.165, 1.54) is 0 Å². The molecule has 0 amide bonds. The molecule has 0 fully saturated rings. The summed E-state index contributed by atoms with van der Waals surface area (Å²) >= 11 is 0. The van der Waals surface area contributed by atoms with Gasteiger partial charge in [-0.3, -0.25) is 0 Å². The van der Waals surface area contributed by atoms with Crippen LogP contribution in [0.25, 0.3) is 10.8 Å². The Kier molecular flexibility index (Phi) is 2.95. The monoisotopic (exact) mass is 231 g/mol. The molecule has 2 aromatic rings. The lowest BCUT2D eigenvalue weighted by Crippen LogP contribution is -2.03. The van der Waals surface area contributed by atoms with E-state index in [0.717, 1.165) is 5.39 Å². The van der Waals surface area contributed by atoms with E-state index in [0.29, 0.717) is 23.4 Å². The fourth-order valence-electron chi connectivity index (χ4n) is 1.82. The molecule has 17 heavy (non-hydrogen) atoms. The lowest BCUT2D eigenvalue weighted by Gasteiger charge is -2.09. The third-order valence-corrected chi connectivity index (χ3v) is 2.47. The van der Waals surface area contributed by atoms with Crippen molar-refractivity contribution in [2.75, 3.05) is 6.61 Å². The van der Waals surface area contributed by atoms with Crippen LogP contribution in [0, 0.1) is 6.92 Å². The van der Waals surface area contributed by atoms with Crippen molar-refractivity contribution in [1.82, 2.24) is 4.98 Å². The molecule has 0 unspecified atom stereocenters. The molecule has 0 atom stereocenters. The molecule has 4 nitrogen and oxygen atoms in total. The van der Waals surface area contributed by atoms with Crippen LogP contribution in [0.4, 0.5) is 0 Å². The van der Waals surface area contributed by atoms with Gasteiger partial charge >= 0.3 is 5.97 Å². The van der Waals surface area contributed by atoms with Gasteiger partial charge in [-0.05, 0) is 26.0 Å². The number of rotatable bonds is 3.